The fourth-order valence-electron chi connectivity index (χ4n) is 5.67. The minimum absolute atomic E-state index is 0.0936. The smallest absolute Gasteiger partial charge is 0.135 e. The van der Waals surface area contributed by atoms with E-state index in [0.717, 1.165) is 24.6 Å². The maximum Gasteiger partial charge on any atom is 0.135 e. The summed E-state index contributed by atoms with van der Waals surface area (Å²) in [7, 11) is 0. The van der Waals surface area contributed by atoms with E-state index in [1.54, 1.807) is 24.3 Å². The number of nitrogens with zero attached hydrogens (tertiary/aromatic N) is 2. The number of benzene rings is 3. The van der Waals surface area contributed by atoms with Gasteiger partial charge in [0, 0.05) is 30.6 Å². The number of aromatic nitrogens is 2. The summed E-state index contributed by atoms with van der Waals surface area (Å²) in [4.78, 5) is 2.08. The minimum atomic E-state index is -0.618. The highest BCUT2D eigenvalue weighted by Crippen LogP contribution is 2.49. The van der Waals surface area contributed by atoms with Gasteiger partial charge in [0.2, 0.25) is 0 Å². The lowest BCUT2D eigenvalue weighted by Crippen LogP contribution is -2.01. The number of nitrogens with two attached hydrogens (primary N) is 2. The molecule has 0 saturated carbocycles. The number of rotatable bonds is 10. The van der Waals surface area contributed by atoms with Crippen LogP contribution in [-0.2, 0) is 12.8 Å². The van der Waals surface area contributed by atoms with Gasteiger partial charge >= 0.3 is 0 Å². The molecular formula is C36H34F4N4S3. The third kappa shape index (κ3) is 6.53. The van der Waals surface area contributed by atoms with Crippen molar-refractivity contribution in [3.8, 4) is 41.8 Å². The quantitative estimate of drug-likeness (QED) is 0.111. The molecule has 244 valence electrons. The molecule has 0 spiro atoms. The van der Waals surface area contributed by atoms with Gasteiger partial charge in [-0.1, -0.05) is 27.7 Å². The van der Waals surface area contributed by atoms with Crippen molar-refractivity contribution in [3.63, 3.8) is 0 Å². The van der Waals surface area contributed by atoms with Crippen molar-refractivity contribution in [3.05, 3.63) is 82.9 Å². The number of halogens is 4. The van der Waals surface area contributed by atoms with Crippen LogP contribution in [0.25, 0.3) is 52.8 Å². The highest BCUT2D eigenvalue weighted by molar-refractivity contribution is 7.19. The second-order valence-corrected chi connectivity index (χ2v) is 15.3. The van der Waals surface area contributed by atoms with Gasteiger partial charge in [-0.05, 0) is 97.2 Å². The van der Waals surface area contributed by atoms with Gasteiger partial charge < -0.3 is 11.5 Å². The van der Waals surface area contributed by atoms with Crippen molar-refractivity contribution < 1.29 is 17.6 Å². The average Bonchev–Trinajstić information content (AvgIpc) is 3.78. The van der Waals surface area contributed by atoms with Gasteiger partial charge in [0.15, 0.2) is 0 Å². The summed E-state index contributed by atoms with van der Waals surface area (Å²) < 4.78 is 70.0. The summed E-state index contributed by atoms with van der Waals surface area (Å²) in [6, 6.07) is 12.4. The van der Waals surface area contributed by atoms with Crippen LogP contribution in [0, 0.1) is 35.1 Å². The van der Waals surface area contributed by atoms with E-state index in [-0.39, 0.29) is 22.5 Å². The summed E-state index contributed by atoms with van der Waals surface area (Å²) in [6.07, 6.45) is 2.86. The van der Waals surface area contributed by atoms with Crippen LogP contribution >= 0.6 is 34.4 Å². The second-order valence-electron chi connectivity index (χ2n) is 12.6. The van der Waals surface area contributed by atoms with Crippen molar-refractivity contribution in [2.45, 2.75) is 53.4 Å². The summed E-state index contributed by atoms with van der Waals surface area (Å²) in [5, 5.41) is 0. The Balaban J connectivity index is 1.36. The summed E-state index contributed by atoms with van der Waals surface area (Å²) in [5.41, 5.74) is 16.8. The zero-order chi connectivity index (χ0) is 33.6. The molecule has 0 atom stereocenters. The fraction of sp³-hybridized carbons (Fsp3) is 0.278. The zero-order valence-electron chi connectivity index (χ0n) is 26.4. The summed E-state index contributed by atoms with van der Waals surface area (Å²) >= 11 is 3.35. The Bertz CT molecular complexity index is 1900. The van der Waals surface area contributed by atoms with Crippen LogP contribution in [0.15, 0.2) is 48.5 Å². The SMILES string of the molecule is CC(C)CCc1cc(F)c(-c2ccc(-c3c(N)c(N)c(-c4ccc(-c5c(F)cc(CCC(C)C)cc5F)s4)c4nsnc34)s2)c(F)c1. The van der Waals surface area contributed by atoms with Crippen LogP contribution in [-0.4, -0.2) is 8.75 Å². The normalized spacial score (nSPS) is 11.9. The van der Waals surface area contributed by atoms with Gasteiger partial charge in [0.1, 0.15) is 34.3 Å². The molecule has 4 nitrogen and oxygen atoms in total. The Morgan fingerprint density at radius 1 is 0.553 bits per heavy atom. The predicted octanol–water partition coefficient (Wildman–Crippen LogP) is 11.4. The fourth-order valence-corrected chi connectivity index (χ4v) is 8.46. The number of aryl methyl sites for hydroxylation is 2. The maximum absolute atomic E-state index is 15.2. The van der Waals surface area contributed by atoms with Gasteiger partial charge in [-0.15, -0.1) is 22.7 Å². The van der Waals surface area contributed by atoms with E-state index in [0.29, 0.717) is 77.5 Å². The average molecular weight is 695 g/mol. The molecule has 0 fully saturated rings. The van der Waals surface area contributed by atoms with E-state index < -0.39 is 23.3 Å². The van der Waals surface area contributed by atoms with Gasteiger partial charge in [-0.3, -0.25) is 0 Å². The molecule has 47 heavy (non-hydrogen) atoms. The highest BCUT2D eigenvalue weighted by Gasteiger charge is 2.25. The molecule has 0 aliphatic rings. The third-order valence-corrected chi connectivity index (χ3v) is 11.0. The molecular weight excluding hydrogens is 661 g/mol. The lowest BCUT2D eigenvalue weighted by molar-refractivity contribution is 0.567. The Labute approximate surface area is 283 Å². The standard InChI is InChI=1S/C36H34F4N4S3/c1-17(2)5-7-19-13-21(37)29(22(38)14-19)25-9-11-27(45-25)31-33(41)34(42)32(36-35(31)43-47-44-36)28-12-10-26(46-28)30-23(39)15-20(16-24(30)40)8-6-18(3)4/h9-18H,5-8,41-42H2,1-4H3. The highest BCUT2D eigenvalue weighted by atomic mass is 32.1. The largest absolute Gasteiger partial charge is 0.396 e. The summed E-state index contributed by atoms with van der Waals surface area (Å²) in [5.74, 6) is -1.63. The van der Waals surface area contributed by atoms with Crippen LogP contribution in [0.5, 0.6) is 0 Å². The number of thiophene rings is 2. The van der Waals surface area contributed by atoms with Crippen LogP contribution in [0.3, 0.4) is 0 Å². The second kappa shape index (κ2) is 13.4. The molecule has 3 aromatic carbocycles. The first kappa shape index (κ1) is 33.1. The number of fused-ring (bicyclic) bond motifs is 1. The Morgan fingerprint density at radius 3 is 1.19 bits per heavy atom. The van der Waals surface area contributed by atoms with Gasteiger partial charge in [0.25, 0.3) is 0 Å². The molecule has 0 saturated heterocycles. The molecule has 4 N–H and O–H groups in total. The van der Waals surface area contributed by atoms with Crippen LogP contribution in [0.1, 0.15) is 51.7 Å². The molecule has 3 aromatic heterocycles. The van der Waals surface area contributed by atoms with Crippen molar-refractivity contribution in [2.24, 2.45) is 11.8 Å². The molecule has 3 heterocycles. The molecule has 0 amide bonds. The molecule has 0 unspecified atom stereocenters. The van der Waals surface area contributed by atoms with Crippen molar-refractivity contribution in [2.75, 3.05) is 11.5 Å². The number of hydrogen-bond donors (Lipinski definition) is 2. The molecule has 0 bridgehead atoms. The van der Waals surface area contributed by atoms with Crippen LogP contribution in [0.2, 0.25) is 0 Å². The third-order valence-electron chi connectivity index (χ3n) is 8.21. The molecule has 11 heteroatoms. The van der Waals surface area contributed by atoms with E-state index in [4.69, 9.17) is 11.5 Å². The van der Waals surface area contributed by atoms with Gasteiger partial charge in [-0.2, -0.15) is 8.75 Å². The minimum Gasteiger partial charge on any atom is -0.396 e. The number of anilines is 2. The van der Waals surface area contributed by atoms with Crippen molar-refractivity contribution >= 4 is 56.8 Å². The summed E-state index contributed by atoms with van der Waals surface area (Å²) in [6.45, 7) is 8.29. The van der Waals surface area contributed by atoms with E-state index in [2.05, 4.69) is 36.4 Å². The van der Waals surface area contributed by atoms with E-state index in [1.165, 1.54) is 46.9 Å². The topological polar surface area (TPSA) is 77.8 Å². The molecule has 0 radical (unpaired) electrons. The maximum atomic E-state index is 15.2. The van der Waals surface area contributed by atoms with E-state index in [9.17, 15) is 0 Å². The van der Waals surface area contributed by atoms with Crippen LogP contribution in [0.4, 0.5) is 28.9 Å². The van der Waals surface area contributed by atoms with Crippen molar-refractivity contribution in [1.29, 1.82) is 0 Å². The van der Waals surface area contributed by atoms with Crippen LogP contribution < -0.4 is 11.5 Å². The van der Waals surface area contributed by atoms with Crippen molar-refractivity contribution in [1.82, 2.24) is 8.75 Å². The Morgan fingerprint density at radius 2 is 0.872 bits per heavy atom. The molecule has 0 aliphatic carbocycles. The number of hydrogen-bond acceptors (Lipinski definition) is 7. The molecule has 6 aromatic rings. The monoisotopic (exact) mass is 694 g/mol. The number of nitrogen functional groups attached to an aromatic ring is 2. The molecule has 6 rings (SSSR count). The first-order valence-electron chi connectivity index (χ1n) is 15.4. The first-order chi connectivity index (χ1) is 22.4. The van der Waals surface area contributed by atoms with E-state index >= 15 is 17.6 Å². The van der Waals surface area contributed by atoms with Gasteiger partial charge in [-0.25, -0.2) is 17.6 Å². The van der Waals surface area contributed by atoms with E-state index in [1.807, 2.05) is 0 Å². The Kier molecular flexibility index (Phi) is 9.42. The predicted molar refractivity (Wildman–Crippen MR) is 190 cm³/mol. The Hall–Kier alpha value is -3.80. The zero-order valence-corrected chi connectivity index (χ0v) is 28.8. The lowest BCUT2D eigenvalue weighted by atomic mass is 10.00. The first-order valence-corrected chi connectivity index (χ1v) is 17.8. The molecule has 0 aliphatic heterocycles. The van der Waals surface area contributed by atoms with Gasteiger partial charge in [0.05, 0.1) is 34.2 Å². The lowest BCUT2D eigenvalue weighted by Gasteiger charge is -2.13.